The zero-order chi connectivity index (χ0) is 12.1. The van der Waals surface area contributed by atoms with E-state index in [1.807, 2.05) is 19.1 Å². The van der Waals surface area contributed by atoms with E-state index in [1.165, 1.54) is 37.7 Å². The van der Waals surface area contributed by atoms with E-state index in [9.17, 15) is 4.39 Å². The molecule has 0 spiro atoms. The Morgan fingerprint density at radius 3 is 2.35 bits per heavy atom. The van der Waals surface area contributed by atoms with Crippen molar-refractivity contribution in [3.05, 3.63) is 35.6 Å². The summed E-state index contributed by atoms with van der Waals surface area (Å²) in [6.07, 6.45) is 6.15. The summed E-state index contributed by atoms with van der Waals surface area (Å²) in [4.78, 5) is 0. The third-order valence-corrected chi connectivity index (χ3v) is 3.85. The van der Waals surface area contributed by atoms with Gasteiger partial charge in [-0.1, -0.05) is 31.4 Å². The van der Waals surface area contributed by atoms with Crippen molar-refractivity contribution in [2.45, 2.75) is 44.4 Å². The van der Waals surface area contributed by atoms with Gasteiger partial charge in [-0.3, -0.25) is 0 Å². The minimum atomic E-state index is -0.156. The van der Waals surface area contributed by atoms with Crippen molar-refractivity contribution in [3.8, 4) is 0 Å². The molecule has 0 atom stereocenters. The van der Waals surface area contributed by atoms with Crippen LogP contribution in [0.4, 0.5) is 4.39 Å². The van der Waals surface area contributed by atoms with Gasteiger partial charge in [0.05, 0.1) is 6.61 Å². The maximum Gasteiger partial charge on any atom is 0.123 e. The SMILES string of the molecule is CCOCC1(c2ccc(F)cc2)CCCCC1. The molecule has 2 heteroatoms. The number of rotatable bonds is 4. The van der Waals surface area contributed by atoms with Gasteiger partial charge >= 0.3 is 0 Å². The summed E-state index contributed by atoms with van der Waals surface area (Å²) in [5.74, 6) is -0.156. The molecule has 1 aliphatic carbocycles. The fraction of sp³-hybridized carbons (Fsp3) is 0.600. The lowest BCUT2D eigenvalue weighted by atomic mass is 9.70. The van der Waals surface area contributed by atoms with E-state index in [4.69, 9.17) is 4.74 Å². The Kier molecular flexibility index (Phi) is 4.16. The zero-order valence-corrected chi connectivity index (χ0v) is 10.5. The van der Waals surface area contributed by atoms with Crippen LogP contribution in [0.15, 0.2) is 24.3 Å². The predicted octanol–water partition coefficient (Wildman–Crippen LogP) is 4.06. The summed E-state index contributed by atoms with van der Waals surface area (Å²) in [6, 6.07) is 6.99. The molecule has 1 aromatic rings. The summed E-state index contributed by atoms with van der Waals surface area (Å²) in [6.45, 7) is 3.55. The second kappa shape index (κ2) is 5.63. The molecule has 1 saturated carbocycles. The van der Waals surface area contributed by atoms with E-state index in [-0.39, 0.29) is 11.2 Å². The third-order valence-electron chi connectivity index (χ3n) is 3.85. The molecule has 2 rings (SSSR count). The smallest absolute Gasteiger partial charge is 0.123 e. The first kappa shape index (κ1) is 12.6. The number of benzene rings is 1. The standard InChI is InChI=1S/C15H21FO/c1-2-17-12-15(10-4-3-5-11-15)13-6-8-14(16)9-7-13/h6-9H,2-5,10-12H2,1H3. The average Bonchev–Trinajstić information content (AvgIpc) is 2.38. The number of ether oxygens (including phenoxy) is 1. The first-order valence-corrected chi connectivity index (χ1v) is 6.61. The zero-order valence-electron chi connectivity index (χ0n) is 10.5. The summed E-state index contributed by atoms with van der Waals surface area (Å²) in [5.41, 5.74) is 1.37. The molecule has 0 saturated heterocycles. The van der Waals surface area contributed by atoms with E-state index < -0.39 is 0 Å². The normalized spacial score (nSPS) is 19.2. The summed E-state index contributed by atoms with van der Waals surface area (Å²) < 4.78 is 18.7. The molecule has 1 aromatic carbocycles. The molecule has 1 fully saturated rings. The van der Waals surface area contributed by atoms with Gasteiger partial charge < -0.3 is 4.74 Å². The molecule has 17 heavy (non-hydrogen) atoms. The van der Waals surface area contributed by atoms with Crippen LogP contribution in [0.1, 0.15) is 44.6 Å². The predicted molar refractivity (Wildman–Crippen MR) is 67.7 cm³/mol. The second-order valence-corrected chi connectivity index (χ2v) is 4.99. The first-order valence-electron chi connectivity index (χ1n) is 6.61. The molecule has 0 aliphatic heterocycles. The van der Waals surface area contributed by atoms with E-state index >= 15 is 0 Å². The van der Waals surface area contributed by atoms with Crippen LogP contribution in [0.2, 0.25) is 0 Å². The Morgan fingerprint density at radius 1 is 1.12 bits per heavy atom. The molecule has 1 aliphatic rings. The number of hydrogen-bond acceptors (Lipinski definition) is 1. The van der Waals surface area contributed by atoms with Gasteiger partial charge in [0.25, 0.3) is 0 Å². The van der Waals surface area contributed by atoms with Gasteiger partial charge in [-0.2, -0.15) is 0 Å². The first-order chi connectivity index (χ1) is 8.27. The van der Waals surface area contributed by atoms with Crippen LogP contribution < -0.4 is 0 Å². The van der Waals surface area contributed by atoms with Gasteiger partial charge in [-0.25, -0.2) is 4.39 Å². The molecule has 0 radical (unpaired) electrons. The van der Waals surface area contributed by atoms with Gasteiger partial charge in [0.1, 0.15) is 5.82 Å². The molecule has 0 N–H and O–H groups in total. The minimum Gasteiger partial charge on any atom is -0.381 e. The highest BCUT2D eigenvalue weighted by Gasteiger charge is 2.33. The Morgan fingerprint density at radius 2 is 1.76 bits per heavy atom. The van der Waals surface area contributed by atoms with Gasteiger partial charge in [0.15, 0.2) is 0 Å². The molecule has 0 heterocycles. The van der Waals surface area contributed by atoms with Crippen LogP contribution in [0.5, 0.6) is 0 Å². The lowest BCUT2D eigenvalue weighted by Gasteiger charge is -2.37. The van der Waals surface area contributed by atoms with Crippen molar-refractivity contribution in [2.75, 3.05) is 13.2 Å². The highest BCUT2D eigenvalue weighted by Crippen LogP contribution is 2.39. The molecule has 0 bridgehead atoms. The Hall–Kier alpha value is -0.890. The Balaban J connectivity index is 2.21. The summed E-state index contributed by atoms with van der Waals surface area (Å²) >= 11 is 0. The third kappa shape index (κ3) is 2.86. The van der Waals surface area contributed by atoms with Crippen LogP contribution in [-0.2, 0) is 10.2 Å². The second-order valence-electron chi connectivity index (χ2n) is 4.99. The molecular formula is C15H21FO. The number of halogens is 1. The maximum atomic E-state index is 13.0. The van der Waals surface area contributed by atoms with E-state index in [0.29, 0.717) is 0 Å². The van der Waals surface area contributed by atoms with Crippen LogP contribution >= 0.6 is 0 Å². The van der Waals surface area contributed by atoms with Crippen molar-refractivity contribution in [1.29, 1.82) is 0 Å². The summed E-state index contributed by atoms with van der Waals surface area (Å²) in [7, 11) is 0. The van der Waals surface area contributed by atoms with Crippen LogP contribution in [0.3, 0.4) is 0 Å². The number of hydrogen-bond donors (Lipinski definition) is 0. The van der Waals surface area contributed by atoms with Gasteiger partial charge in [0.2, 0.25) is 0 Å². The molecular weight excluding hydrogens is 215 g/mol. The van der Waals surface area contributed by atoms with Crippen molar-refractivity contribution in [2.24, 2.45) is 0 Å². The lowest BCUT2D eigenvalue weighted by Crippen LogP contribution is -2.34. The molecule has 94 valence electrons. The highest BCUT2D eigenvalue weighted by atomic mass is 19.1. The van der Waals surface area contributed by atoms with Crippen molar-refractivity contribution in [1.82, 2.24) is 0 Å². The maximum absolute atomic E-state index is 13.0. The van der Waals surface area contributed by atoms with Gasteiger partial charge in [-0.15, -0.1) is 0 Å². The molecule has 0 amide bonds. The van der Waals surface area contributed by atoms with Gasteiger partial charge in [0, 0.05) is 12.0 Å². The van der Waals surface area contributed by atoms with E-state index in [0.717, 1.165) is 13.2 Å². The van der Waals surface area contributed by atoms with Crippen molar-refractivity contribution in [3.63, 3.8) is 0 Å². The minimum absolute atomic E-state index is 0.127. The molecule has 1 nitrogen and oxygen atoms in total. The van der Waals surface area contributed by atoms with E-state index in [1.54, 1.807) is 12.1 Å². The quantitative estimate of drug-likeness (QED) is 0.766. The van der Waals surface area contributed by atoms with Crippen molar-refractivity contribution < 1.29 is 9.13 Å². The molecule has 0 aromatic heterocycles. The topological polar surface area (TPSA) is 9.23 Å². The fourth-order valence-electron chi connectivity index (χ4n) is 2.85. The van der Waals surface area contributed by atoms with Crippen LogP contribution in [-0.4, -0.2) is 13.2 Å². The van der Waals surface area contributed by atoms with Gasteiger partial charge in [-0.05, 0) is 37.5 Å². The molecule has 0 unspecified atom stereocenters. The average molecular weight is 236 g/mol. The fourth-order valence-corrected chi connectivity index (χ4v) is 2.85. The largest absolute Gasteiger partial charge is 0.381 e. The van der Waals surface area contributed by atoms with Crippen molar-refractivity contribution >= 4 is 0 Å². The van der Waals surface area contributed by atoms with Crippen LogP contribution in [0, 0.1) is 5.82 Å². The Labute approximate surface area is 103 Å². The monoisotopic (exact) mass is 236 g/mol. The Bertz CT molecular complexity index is 338. The highest BCUT2D eigenvalue weighted by molar-refractivity contribution is 5.26. The summed E-state index contributed by atoms with van der Waals surface area (Å²) in [5, 5.41) is 0. The van der Waals surface area contributed by atoms with E-state index in [2.05, 4.69) is 0 Å². The lowest BCUT2D eigenvalue weighted by molar-refractivity contribution is 0.0721. The van der Waals surface area contributed by atoms with Crippen LogP contribution in [0.25, 0.3) is 0 Å².